The van der Waals surface area contributed by atoms with Gasteiger partial charge in [-0.1, -0.05) is 18.2 Å². The van der Waals surface area contributed by atoms with Gasteiger partial charge in [0.05, 0.1) is 12.2 Å². The molecule has 0 saturated heterocycles. The van der Waals surface area contributed by atoms with E-state index in [4.69, 9.17) is 19.6 Å². The van der Waals surface area contributed by atoms with E-state index >= 15 is 0 Å². The Balaban J connectivity index is 1.81. The quantitative estimate of drug-likeness (QED) is 0.147. The molecule has 11 heteroatoms. The summed E-state index contributed by atoms with van der Waals surface area (Å²) < 4.78 is 18.4. The zero-order valence-corrected chi connectivity index (χ0v) is 24.5. The molecule has 0 aliphatic carbocycles. The first-order chi connectivity index (χ1) is 21.0. The zero-order valence-electron chi connectivity index (χ0n) is 24.5. The van der Waals surface area contributed by atoms with Crippen molar-refractivity contribution in [2.45, 2.75) is 57.8 Å². The number of ether oxygens (including phenoxy) is 2. The number of nitrogens with two attached hydrogens (primary N) is 1. The summed E-state index contributed by atoms with van der Waals surface area (Å²) >= 11 is 0. The number of nitrogens with zero attached hydrogens (tertiary/aromatic N) is 1. The number of pyridine rings is 1. The highest BCUT2D eigenvalue weighted by Gasteiger charge is 2.44. The highest BCUT2D eigenvalue weighted by atomic mass is 16.6. The SMILES string of the molecule is CC=C(CO)C(=O)O[C@H]1Cc2c(c([C@H](Cc3cccc(O)c3)c3ccnc(N)c3)c3oc(CO)cc(=O)c3c2O)OC1(C)C. The van der Waals surface area contributed by atoms with Gasteiger partial charge in [0.1, 0.15) is 58.1 Å². The van der Waals surface area contributed by atoms with E-state index in [0.29, 0.717) is 11.1 Å². The van der Waals surface area contributed by atoms with Crippen LogP contribution >= 0.6 is 0 Å². The number of allylic oxidation sites excluding steroid dienone is 1. The molecule has 3 heterocycles. The fraction of sp³-hybridized carbons (Fsp3) is 0.303. The number of rotatable bonds is 8. The number of anilines is 1. The van der Waals surface area contributed by atoms with Crippen molar-refractivity contribution in [1.29, 1.82) is 0 Å². The van der Waals surface area contributed by atoms with Gasteiger partial charge in [-0.2, -0.15) is 0 Å². The van der Waals surface area contributed by atoms with Gasteiger partial charge < -0.3 is 40.1 Å². The summed E-state index contributed by atoms with van der Waals surface area (Å²) in [4.78, 5) is 30.4. The lowest BCUT2D eigenvalue weighted by Crippen LogP contribution is -2.49. The van der Waals surface area contributed by atoms with E-state index in [1.807, 2.05) is 6.07 Å². The largest absolute Gasteiger partial charge is 0.508 e. The number of hydrogen-bond acceptors (Lipinski definition) is 11. The van der Waals surface area contributed by atoms with Crippen molar-refractivity contribution in [1.82, 2.24) is 4.98 Å². The Morgan fingerprint density at radius 1 is 1.20 bits per heavy atom. The summed E-state index contributed by atoms with van der Waals surface area (Å²) in [6, 6.07) is 11.3. The molecular formula is C33H34N2O9. The lowest BCUT2D eigenvalue weighted by atomic mass is 9.80. The van der Waals surface area contributed by atoms with E-state index in [1.54, 1.807) is 57.3 Å². The minimum atomic E-state index is -1.15. The summed E-state index contributed by atoms with van der Waals surface area (Å²) in [6.45, 7) is 3.97. The fourth-order valence-corrected chi connectivity index (χ4v) is 5.59. The minimum Gasteiger partial charge on any atom is -0.508 e. The van der Waals surface area contributed by atoms with Crippen LogP contribution in [0, 0.1) is 0 Å². The normalized spacial score (nSPS) is 16.7. The van der Waals surface area contributed by atoms with E-state index in [0.717, 1.165) is 11.6 Å². The molecule has 2 atom stereocenters. The van der Waals surface area contributed by atoms with Crippen molar-refractivity contribution < 1.29 is 39.1 Å². The third-order valence-corrected chi connectivity index (χ3v) is 7.91. The Kier molecular flexibility index (Phi) is 8.36. The third-order valence-electron chi connectivity index (χ3n) is 7.91. The second-order valence-corrected chi connectivity index (χ2v) is 11.2. The number of aliphatic hydroxyl groups excluding tert-OH is 2. The second kappa shape index (κ2) is 12.0. The standard InChI is InChI=1S/C33H34N2O9/c1-4-18(15-36)32(41)43-25-14-23-29(40)28-24(39)13-21(16-37)42-31(28)27(30(23)44-33(25,2)3)22(19-8-9-35-26(34)12-19)11-17-6-5-7-20(38)10-17/h4-10,12-13,22,25,36-38,40H,11,14-16H2,1-3H3,(H2,34,35)/t22-,25+/m1/s1. The monoisotopic (exact) mass is 602 g/mol. The molecular weight excluding hydrogens is 568 g/mol. The summed E-state index contributed by atoms with van der Waals surface area (Å²) in [7, 11) is 0. The van der Waals surface area contributed by atoms with Crippen LogP contribution in [-0.2, 0) is 29.0 Å². The van der Waals surface area contributed by atoms with Crippen molar-refractivity contribution in [2.75, 3.05) is 12.3 Å². The molecule has 4 aromatic rings. The third kappa shape index (κ3) is 5.71. The van der Waals surface area contributed by atoms with Crippen LogP contribution in [0.25, 0.3) is 11.0 Å². The van der Waals surface area contributed by atoms with Gasteiger partial charge in [0.15, 0.2) is 5.43 Å². The molecule has 0 bridgehead atoms. The Morgan fingerprint density at radius 3 is 2.64 bits per heavy atom. The maximum atomic E-state index is 13.4. The number of fused-ring (bicyclic) bond motifs is 2. The first-order valence-electron chi connectivity index (χ1n) is 14.1. The van der Waals surface area contributed by atoms with Gasteiger partial charge in [0.2, 0.25) is 0 Å². The van der Waals surface area contributed by atoms with Crippen LogP contribution in [0.15, 0.2) is 69.5 Å². The van der Waals surface area contributed by atoms with Crippen molar-refractivity contribution in [3.8, 4) is 17.2 Å². The number of phenols is 2. The van der Waals surface area contributed by atoms with Crippen LogP contribution in [0.4, 0.5) is 5.82 Å². The van der Waals surface area contributed by atoms with Crippen LogP contribution < -0.4 is 15.9 Å². The number of aromatic nitrogens is 1. The number of phenolic OH excluding ortho intramolecular Hbond substituents is 2. The van der Waals surface area contributed by atoms with Crippen molar-refractivity contribution in [2.24, 2.45) is 0 Å². The molecule has 0 amide bonds. The number of carbonyl (C=O) groups excluding carboxylic acids is 1. The van der Waals surface area contributed by atoms with E-state index in [9.17, 15) is 30.0 Å². The molecule has 2 aromatic carbocycles. The Bertz CT molecular complexity index is 1830. The molecule has 1 aliphatic rings. The zero-order chi connectivity index (χ0) is 31.8. The van der Waals surface area contributed by atoms with E-state index < -0.39 is 48.0 Å². The summed E-state index contributed by atoms with van der Waals surface area (Å²) in [5.41, 5.74) is 6.49. The fourth-order valence-electron chi connectivity index (χ4n) is 5.59. The van der Waals surface area contributed by atoms with Crippen LogP contribution in [0.3, 0.4) is 0 Å². The smallest absolute Gasteiger partial charge is 0.336 e. The van der Waals surface area contributed by atoms with Crippen molar-refractivity contribution in [3.05, 3.63) is 98.5 Å². The van der Waals surface area contributed by atoms with Crippen LogP contribution in [-0.4, -0.2) is 49.7 Å². The van der Waals surface area contributed by atoms with Crippen molar-refractivity contribution in [3.63, 3.8) is 0 Å². The average molecular weight is 603 g/mol. The Hall–Kier alpha value is -4.87. The number of esters is 1. The number of hydrogen-bond donors (Lipinski definition) is 5. The molecule has 5 rings (SSSR count). The topological polar surface area (TPSA) is 186 Å². The van der Waals surface area contributed by atoms with Gasteiger partial charge in [-0.15, -0.1) is 0 Å². The molecule has 2 aromatic heterocycles. The summed E-state index contributed by atoms with van der Waals surface area (Å²) in [5, 5.41) is 41.1. The van der Waals surface area contributed by atoms with E-state index in [1.165, 1.54) is 6.08 Å². The van der Waals surface area contributed by atoms with Crippen LogP contribution in [0.5, 0.6) is 17.2 Å². The van der Waals surface area contributed by atoms with E-state index in [2.05, 4.69) is 4.98 Å². The van der Waals surface area contributed by atoms with Gasteiger partial charge in [-0.25, -0.2) is 9.78 Å². The minimum absolute atomic E-state index is 0.0149. The van der Waals surface area contributed by atoms with Gasteiger partial charge in [-0.3, -0.25) is 4.79 Å². The average Bonchev–Trinajstić information content (AvgIpc) is 2.97. The molecule has 0 unspecified atom stereocenters. The number of aliphatic hydroxyl groups is 2. The number of carbonyl (C=O) groups is 1. The maximum absolute atomic E-state index is 13.4. The predicted molar refractivity (Wildman–Crippen MR) is 162 cm³/mol. The summed E-state index contributed by atoms with van der Waals surface area (Å²) in [5.74, 6) is -1.23. The molecule has 0 saturated carbocycles. The summed E-state index contributed by atoms with van der Waals surface area (Å²) in [6.07, 6.45) is 2.34. The molecule has 230 valence electrons. The van der Waals surface area contributed by atoms with Gasteiger partial charge in [-0.05, 0) is 62.6 Å². The molecule has 44 heavy (non-hydrogen) atoms. The number of benzene rings is 2. The van der Waals surface area contributed by atoms with Gasteiger partial charge >= 0.3 is 5.97 Å². The Labute approximate surface area is 252 Å². The predicted octanol–water partition coefficient (Wildman–Crippen LogP) is 3.61. The van der Waals surface area contributed by atoms with Crippen molar-refractivity contribution >= 4 is 22.8 Å². The lowest BCUT2D eigenvalue weighted by molar-refractivity contribution is -0.157. The Morgan fingerprint density at radius 2 is 1.98 bits per heavy atom. The molecule has 11 nitrogen and oxygen atoms in total. The lowest BCUT2D eigenvalue weighted by Gasteiger charge is -2.41. The molecule has 6 N–H and O–H groups in total. The first kappa shape index (κ1) is 30.6. The second-order valence-electron chi connectivity index (χ2n) is 11.2. The maximum Gasteiger partial charge on any atom is 0.336 e. The molecule has 0 spiro atoms. The van der Waals surface area contributed by atoms with Gasteiger partial charge in [0, 0.05) is 35.7 Å². The first-order valence-corrected chi connectivity index (χ1v) is 14.1. The number of nitrogen functional groups attached to an aromatic ring is 1. The van der Waals surface area contributed by atoms with Crippen LogP contribution in [0.2, 0.25) is 0 Å². The van der Waals surface area contributed by atoms with Gasteiger partial charge in [0.25, 0.3) is 0 Å². The van der Waals surface area contributed by atoms with E-state index in [-0.39, 0.29) is 58.0 Å². The highest BCUT2D eigenvalue weighted by Crippen LogP contribution is 2.50. The van der Waals surface area contributed by atoms with Crippen LogP contribution in [0.1, 0.15) is 54.7 Å². The molecule has 1 aliphatic heterocycles. The highest BCUT2D eigenvalue weighted by molar-refractivity contribution is 5.92. The number of aromatic hydroxyl groups is 2. The molecule has 0 radical (unpaired) electrons. The molecule has 0 fully saturated rings.